The number of hydrogen-bond acceptors (Lipinski definition) is 4. The van der Waals surface area contributed by atoms with E-state index in [0.29, 0.717) is 17.3 Å². The van der Waals surface area contributed by atoms with E-state index in [-0.39, 0.29) is 4.99 Å². The van der Waals surface area contributed by atoms with E-state index in [0.717, 1.165) is 17.0 Å². The van der Waals surface area contributed by atoms with Gasteiger partial charge in [0.1, 0.15) is 10.7 Å². The van der Waals surface area contributed by atoms with Crippen LogP contribution in [0.15, 0.2) is 36.5 Å². The summed E-state index contributed by atoms with van der Waals surface area (Å²) in [5.41, 5.74) is 7.90. The van der Waals surface area contributed by atoms with Crippen LogP contribution in [0.5, 0.6) is 5.75 Å². The van der Waals surface area contributed by atoms with Crippen LogP contribution in [-0.2, 0) is 6.54 Å². The summed E-state index contributed by atoms with van der Waals surface area (Å²) in [6.45, 7) is 0.531. The molecule has 0 fully saturated rings. The van der Waals surface area contributed by atoms with Gasteiger partial charge in [0.2, 0.25) is 0 Å². The first kappa shape index (κ1) is 14.6. The number of halogens is 1. The SMILES string of the molecule is COc1cccc(Cl)c1CNc1ccnc(C(N)=S)c1. The molecule has 104 valence electrons. The van der Waals surface area contributed by atoms with Crippen LogP contribution >= 0.6 is 23.8 Å². The van der Waals surface area contributed by atoms with Crippen LogP contribution in [-0.4, -0.2) is 17.1 Å². The molecule has 0 bridgehead atoms. The van der Waals surface area contributed by atoms with Crippen molar-refractivity contribution >= 4 is 34.5 Å². The van der Waals surface area contributed by atoms with Crippen molar-refractivity contribution < 1.29 is 4.74 Å². The first-order valence-corrected chi connectivity index (χ1v) is 6.71. The lowest BCUT2D eigenvalue weighted by molar-refractivity contribution is 0.410. The molecular formula is C14H14ClN3OS. The molecule has 6 heteroatoms. The summed E-state index contributed by atoms with van der Waals surface area (Å²) >= 11 is 11.1. The van der Waals surface area contributed by atoms with E-state index in [2.05, 4.69) is 10.3 Å². The fourth-order valence-corrected chi connectivity index (χ4v) is 2.11. The second-order valence-electron chi connectivity index (χ2n) is 4.07. The Hall–Kier alpha value is -1.85. The molecule has 1 aromatic heterocycles. The molecule has 0 atom stereocenters. The molecule has 20 heavy (non-hydrogen) atoms. The highest BCUT2D eigenvalue weighted by molar-refractivity contribution is 7.80. The highest BCUT2D eigenvalue weighted by Crippen LogP contribution is 2.27. The lowest BCUT2D eigenvalue weighted by Gasteiger charge is -2.12. The Bertz CT molecular complexity index is 634. The quantitative estimate of drug-likeness (QED) is 0.832. The maximum atomic E-state index is 6.18. The van der Waals surface area contributed by atoms with E-state index in [4.69, 9.17) is 34.3 Å². The van der Waals surface area contributed by atoms with Gasteiger partial charge in [-0.1, -0.05) is 29.9 Å². The minimum absolute atomic E-state index is 0.268. The first-order valence-electron chi connectivity index (χ1n) is 5.93. The molecule has 2 rings (SSSR count). The van der Waals surface area contributed by atoms with Gasteiger partial charge in [-0.25, -0.2) is 0 Å². The van der Waals surface area contributed by atoms with Gasteiger partial charge in [0, 0.05) is 29.0 Å². The monoisotopic (exact) mass is 307 g/mol. The van der Waals surface area contributed by atoms with E-state index < -0.39 is 0 Å². The predicted octanol–water partition coefficient (Wildman–Crippen LogP) is 2.99. The third-order valence-corrected chi connectivity index (χ3v) is 3.34. The summed E-state index contributed by atoms with van der Waals surface area (Å²) < 4.78 is 5.30. The molecule has 0 aliphatic carbocycles. The molecule has 4 nitrogen and oxygen atoms in total. The summed E-state index contributed by atoms with van der Waals surface area (Å²) in [5.74, 6) is 0.744. The van der Waals surface area contributed by atoms with Crippen LogP contribution < -0.4 is 15.8 Å². The van der Waals surface area contributed by atoms with Crippen molar-refractivity contribution in [1.29, 1.82) is 0 Å². The smallest absolute Gasteiger partial charge is 0.125 e. The Morgan fingerprint density at radius 2 is 2.25 bits per heavy atom. The molecule has 1 heterocycles. The van der Waals surface area contributed by atoms with Crippen LogP contribution in [0.25, 0.3) is 0 Å². The van der Waals surface area contributed by atoms with Gasteiger partial charge in [-0.3, -0.25) is 4.98 Å². The molecule has 0 saturated heterocycles. The summed E-state index contributed by atoms with van der Waals surface area (Å²) in [7, 11) is 1.62. The number of ether oxygens (including phenoxy) is 1. The number of anilines is 1. The van der Waals surface area contributed by atoms with Gasteiger partial charge < -0.3 is 15.8 Å². The van der Waals surface area contributed by atoms with Crippen molar-refractivity contribution in [3.8, 4) is 5.75 Å². The average molecular weight is 308 g/mol. The number of thiocarbonyl (C=S) groups is 1. The minimum Gasteiger partial charge on any atom is -0.496 e. The van der Waals surface area contributed by atoms with Crippen molar-refractivity contribution in [2.75, 3.05) is 12.4 Å². The van der Waals surface area contributed by atoms with Crippen molar-refractivity contribution in [1.82, 2.24) is 4.98 Å². The lowest BCUT2D eigenvalue weighted by Crippen LogP contribution is -2.12. The largest absolute Gasteiger partial charge is 0.496 e. The molecule has 0 unspecified atom stereocenters. The average Bonchev–Trinajstić information content (AvgIpc) is 2.46. The van der Waals surface area contributed by atoms with Gasteiger partial charge in [-0.2, -0.15) is 0 Å². The van der Waals surface area contributed by atoms with Gasteiger partial charge in [0.25, 0.3) is 0 Å². The highest BCUT2D eigenvalue weighted by atomic mass is 35.5. The zero-order chi connectivity index (χ0) is 14.5. The fraction of sp³-hybridized carbons (Fsp3) is 0.143. The fourth-order valence-electron chi connectivity index (χ4n) is 1.77. The van der Waals surface area contributed by atoms with Crippen molar-refractivity contribution in [3.63, 3.8) is 0 Å². The molecule has 0 amide bonds. The molecule has 2 aromatic rings. The van der Waals surface area contributed by atoms with Crippen LogP contribution in [0, 0.1) is 0 Å². The van der Waals surface area contributed by atoms with Crippen molar-refractivity contribution in [3.05, 3.63) is 52.8 Å². The van der Waals surface area contributed by atoms with Crippen LogP contribution in [0.3, 0.4) is 0 Å². The minimum atomic E-state index is 0.268. The maximum Gasteiger partial charge on any atom is 0.125 e. The number of hydrogen-bond donors (Lipinski definition) is 2. The van der Waals surface area contributed by atoms with E-state index in [9.17, 15) is 0 Å². The first-order chi connectivity index (χ1) is 9.61. The second-order valence-corrected chi connectivity index (χ2v) is 4.92. The number of benzene rings is 1. The third kappa shape index (κ3) is 3.37. The van der Waals surface area contributed by atoms with Crippen LogP contribution in [0.1, 0.15) is 11.3 Å². The van der Waals surface area contributed by atoms with Gasteiger partial charge in [-0.15, -0.1) is 0 Å². The number of nitrogens with one attached hydrogen (secondary N) is 1. The van der Waals surface area contributed by atoms with Crippen LogP contribution in [0.2, 0.25) is 5.02 Å². The van der Waals surface area contributed by atoms with Gasteiger partial charge in [-0.05, 0) is 24.3 Å². The molecule has 0 spiro atoms. The Morgan fingerprint density at radius 3 is 2.95 bits per heavy atom. The molecule has 0 aliphatic heterocycles. The molecule has 1 aromatic carbocycles. The summed E-state index contributed by atoms with van der Waals surface area (Å²) in [6.07, 6.45) is 1.65. The second kappa shape index (κ2) is 6.54. The lowest BCUT2D eigenvalue weighted by atomic mass is 10.2. The van der Waals surface area contributed by atoms with E-state index in [1.807, 2.05) is 24.3 Å². The highest BCUT2D eigenvalue weighted by Gasteiger charge is 2.07. The molecular weight excluding hydrogens is 294 g/mol. The number of nitrogens with two attached hydrogens (primary N) is 1. The van der Waals surface area contributed by atoms with Crippen molar-refractivity contribution in [2.45, 2.75) is 6.54 Å². The van der Waals surface area contributed by atoms with Gasteiger partial charge >= 0.3 is 0 Å². The van der Waals surface area contributed by atoms with Crippen molar-refractivity contribution in [2.24, 2.45) is 5.73 Å². The normalized spacial score (nSPS) is 10.1. The number of pyridine rings is 1. The number of aromatic nitrogens is 1. The molecule has 0 saturated carbocycles. The summed E-state index contributed by atoms with van der Waals surface area (Å²) in [5, 5.41) is 3.91. The van der Waals surface area contributed by atoms with Gasteiger partial charge in [0.15, 0.2) is 0 Å². The summed E-state index contributed by atoms with van der Waals surface area (Å²) in [6, 6.07) is 9.18. The Balaban J connectivity index is 2.17. The number of methoxy groups -OCH3 is 1. The predicted molar refractivity (Wildman–Crippen MR) is 85.5 cm³/mol. The van der Waals surface area contributed by atoms with E-state index in [1.54, 1.807) is 19.4 Å². The Morgan fingerprint density at radius 1 is 1.45 bits per heavy atom. The van der Waals surface area contributed by atoms with E-state index in [1.165, 1.54) is 0 Å². The van der Waals surface area contributed by atoms with Gasteiger partial charge in [0.05, 0.1) is 12.8 Å². The molecule has 0 radical (unpaired) electrons. The summed E-state index contributed by atoms with van der Waals surface area (Å²) in [4.78, 5) is 4.36. The number of rotatable bonds is 5. The Kier molecular flexibility index (Phi) is 4.76. The maximum absolute atomic E-state index is 6.18. The zero-order valence-electron chi connectivity index (χ0n) is 10.9. The Labute approximate surface area is 127 Å². The standard InChI is InChI=1S/C14H14ClN3OS/c1-19-13-4-2-3-11(15)10(13)8-18-9-5-6-17-12(7-9)14(16)20/h2-7H,8H2,1H3,(H2,16,20)(H,17,18). The molecule has 0 aliphatic rings. The third-order valence-electron chi connectivity index (χ3n) is 2.78. The van der Waals surface area contributed by atoms with E-state index >= 15 is 0 Å². The van der Waals surface area contributed by atoms with Crippen LogP contribution in [0.4, 0.5) is 5.69 Å². The topological polar surface area (TPSA) is 60.2 Å². The molecule has 3 N–H and O–H groups in total. The number of nitrogens with zero attached hydrogens (tertiary/aromatic N) is 1. The zero-order valence-corrected chi connectivity index (χ0v) is 12.5.